The van der Waals surface area contributed by atoms with Gasteiger partial charge in [-0.05, 0) is 52.7 Å². The van der Waals surface area contributed by atoms with E-state index in [1.807, 2.05) is 21.0 Å². The third kappa shape index (κ3) is 7.47. The van der Waals surface area contributed by atoms with Gasteiger partial charge in [0.2, 0.25) is 5.91 Å². The molecule has 1 aromatic rings. The topological polar surface area (TPSA) is 44.4 Å². The number of carbonyl (C=O) groups is 1. The second-order valence-electron chi connectivity index (χ2n) is 5.81. The molecule has 0 aliphatic carbocycles. The molecule has 7 heteroatoms. The summed E-state index contributed by atoms with van der Waals surface area (Å²) in [6.45, 7) is 3.53. The Morgan fingerprint density at radius 1 is 1.26 bits per heavy atom. The first kappa shape index (κ1) is 19.4. The summed E-state index contributed by atoms with van der Waals surface area (Å²) in [6.07, 6.45) is -3.43. The average Bonchev–Trinajstić information content (AvgIpc) is 2.42. The predicted octanol–water partition coefficient (Wildman–Crippen LogP) is 2.96. The van der Waals surface area contributed by atoms with Gasteiger partial charge >= 0.3 is 6.18 Å². The predicted molar refractivity (Wildman–Crippen MR) is 85.3 cm³/mol. The van der Waals surface area contributed by atoms with E-state index in [4.69, 9.17) is 0 Å². The molecular weight excluding hydrogens is 307 g/mol. The van der Waals surface area contributed by atoms with Gasteiger partial charge in [-0.15, -0.1) is 0 Å². The molecule has 0 fully saturated rings. The van der Waals surface area contributed by atoms with Gasteiger partial charge in [-0.25, -0.2) is 0 Å². The van der Waals surface area contributed by atoms with E-state index in [0.717, 1.165) is 25.6 Å². The normalized spacial score (nSPS) is 13.2. The van der Waals surface area contributed by atoms with Crippen molar-refractivity contribution in [3.8, 4) is 0 Å². The molecule has 0 aliphatic rings. The Balaban J connectivity index is 2.48. The highest BCUT2D eigenvalue weighted by Gasteiger charge is 2.33. The molecule has 0 saturated carbocycles. The van der Waals surface area contributed by atoms with E-state index in [2.05, 4.69) is 15.5 Å². The van der Waals surface area contributed by atoms with Crippen molar-refractivity contribution in [3.05, 3.63) is 29.8 Å². The molecule has 0 saturated heterocycles. The van der Waals surface area contributed by atoms with Crippen LogP contribution >= 0.6 is 0 Å². The molecular formula is C16H24F3N3O. The van der Waals surface area contributed by atoms with E-state index in [1.54, 1.807) is 0 Å². The lowest BCUT2D eigenvalue weighted by molar-refractivity contribution is -0.137. The Kier molecular flexibility index (Phi) is 7.51. The van der Waals surface area contributed by atoms with Crippen molar-refractivity contribution in [2.45, 2.75) is 32.0 Å². The molecule has 0 radical (unpaired) electrons. The Hall–Kier alpha value is -1.60. The minimum atomic E-state index is -4.49. The number of alkyl halides is 3. The van der Waals surface area contributed by atoms with Crippen LogP contribution in [0.2, 0.25) is 0 Å². The fraction of sp³-hybridized carbons (Fsp3) is 0.562. The van der Waals surface area contributed by atoms with E-state index >= 15 is 0 Å². The van der Waals surface area contributed by atoms with E-state index in [0.29, 0.717) is 0 Å². The van der Waals surface area contributed by atoms with Gasteiger partial charge in [-0.1, -0.05) is 12.1 Å². The first-order valence-electron chi connectivity index (χ1n) is 7.54. The lowest BCUT2D eigenvalue weighted by atomic mass is 10.1. The Morgan fingerprint density at radius 2 is 1.91 bits per heavy atom. The summed E-state index contributed by atoms with van der Waals surface area (Å²) >= 11 is 0. The first-order chi connectivity index (χ1) is 10.7. The van der Waals surface area contributed by atoms with Crippen LogP contribution < -0.4 is 10.6 Å². The highest BCUT2D eigenvalue weighted by atomic mass is 19.4. The molecule has 0 aromatic heterocycles. The molecule has 1 amide bonds. The second-order valence-corrected chi connectivity index (χ2v) is 5.81. The van der Waals surface area contributed by atoms with Crippen LogP contribution in [-0.4, -0.2) is 44.0 Å². The van der Waals surface area contributed by atoms with Crippen molar-refractivity contribution in [1.29, 1.82) is 0 Å². The third-order valence-corrected chi connectivity index (χ3v) is 3.27. The number of hydrogen-bond donors (Lipinski definition) is 2. The van der Waals surface area contributed by atoms with Crippen LogP contribution in [0.5, 0.6) is 0 Å². The van der Waals surface area contributed by atoms with Gasteiger partial charge in [-0.3, -0.25) is 4.79 Å². The van der Waals surface area contributed by atoms with Crippen molar-refractivity contribution < 1.29 is 18.0 Å². The Morgan fingerprint density at radius 3 is 2.52 bits per heavy atom. The monoisotopic (exact) mass is 331 g/mol. The van der Waals surface area contributed by atoms with Crippen LogP contribution in [0, 0.1) is 0 Å². The number of carbonyl (C=O) groups excluding carboxylic acids is 1. The van der Waals surface area contributed by atoms with Gasteiger partial charge in [0.1, 0.15) is 0 Å². The molecule has 130 valence electrons. The number of nitrogens with zero attached hydrogens (tertiary/aromatic N) is 1. The molecule has 1 unspecified atom stereocenters. The number of para-hydroxylation sites is 1. The number of nitrogens with one attached hydrogen (secondary N) is 2. The zero-order valence-corrected chi connectivity index (χ0v) is 13.7. The maximum Gasteiger partial charge on any atom is 0.418 e. The van der Waals surface area contributed by atoms with Crippen molar-refractivity contribution in [3.63, 3.8) is 0 Å². The second kappa shape index (κ2) is 8.88. The molecule has 0 spiro atoms. The van der Waals surface area contributed by atoms with Gasteiger partial charge in [0.15, 0.2) is 0 Å². The Bertz CT molecular complexity index is 504. The van der Waals surface area contributed by atoms with Crippen molar-refractivity contribution >= 4 is 11.6 Å². The largest absolute Gasteiger partial charge is 0.418 e. The van der Waals surface area contributed by atoms with Crippen LogP contribution in [-0.2, 0) is 11.0 Å². The maximum atomic E-state index is 12.9. The minimum absolute atomic E-state index is 0.102. The number of hydrogen-bond acceptors (Lipinski definition) is 3. The van der Waals surface area contributed by atoms with Gasteiger partial charge in [0.25, 0.3) is 0 Å². The van der Waals surface area contributed by atoms with E-state index in [1.165, 1.54) is 18.2 Å². The molecule has 1 aromatic carbocycles. The summed E-state index contributed by atoms with van der Waals surface area (Å²) in [5.74, 6) is -0.436. The fourth-order valence-corrected chi connectivity index (χ4v) is 2.13. The highest BCUT2D eigenvalue weighted by Crippen LogP contribution is 2.34. The van der Waals surface area contributed by atoms with E-state index < -0.39 is 17.6 Å². The molecule has 4 nitrogen and oxygen atoms in total. The van der Waals surface area contributed by atoms with Crippen molar-refractivity contribution in [2.24, 2.45) is 0 Å². The van der Waals surface area contributed by atoms with Gasteiger partial charge in [-0.2, -0.15) is 13.2 Å². The third-order valence-electron chi connectivity index (χ3n) is 3.27. The standard InChI is InChI=1S/C16H24F3N3O/c1-12(20-9-6-10-22(2)3)11-15(23)21-14-8-5-4-7-13(14)16(17,18)19/h4-5,7-8,12,20H,6,9-11H2,1-3H3,(H,21,23). The SMILES string of the molecule is CC(CC(=O)Nc1ccccc1C(F)(F)F)NCCCN(C)C. The number of rotatable bonds is 8. The molecule has 23 heavy (non-hydrogen) atoms. The summed E-state index contributed by atoms with van der Waals surface area (Å²) in [5.41, 5.74) is -1.04. The lowest BCUT2D eigenvalue weighted by Gasteiger charge is -2.17. The molecule has 0 aliphatic heterocycles. The van der Waals surface area contributed by atoms with Crippen LogP contribution in [0.15, 0.2) is 24.3 Å². The quantitative estimate of drug-likeness (QED) is 0.720. The van der Waals surface area contributed by atoms with Crippen LogP contribution in [0.1, 0.15) is 25.3 Å². The smallest absolute Gasteiger partial charge is 0.325 e. The minimum Gasteiger partial charge on any atom is -0.325 e. The number of anilines is 1. The van der Waals surface area contributed by atoms with Crippen LogP contribution in [0.4, 0.5) is 18.9 Å². The number of benzene rings is 1. The molecule has 1 atom stereocenters. The van der Waals surface area contributed by atoms with E-state index in [-0.39, 0.29) is 18.2 Å². The summed E-state index contributed by atoms with van der Waals surface area (Å²) in [7, 11) is 3.96. The van der Waals surface area contributed by atoms with E-state index in [9.17, 15) is 18.0 Å². The van der Waals surface area contributed by atoms with Gasteiger partial charge in [0, 0.05) is 12.5 Å². The summed E-state index contributed by atoms with van der Waals surface area (Å²) in [4.78, 5) is 14.0. The number of halogens is 3. The summed E-state index contributed by atoms with van der Waals surface area (Å²) in [5, 5.41) is 5.54. The highest BCUT2D eigenvalue weighted by molar-refractivity contribution is 5.92. The van der Waals surface area contributed by atoms with Gasteiger partial charge < -0.3 is 15.5 Å². The molecule has 0 bridgehead atoms. The Labute approximate surface area is 135 Å². The molecule has 2 N–H and O–H groups in total. The first-order valence-corrected chi connectivity index (χ1v) is 7.54. The van der Waals surface area contributed by atoms with Gasteiger partial charge in [0.05, 0.1) is 11.3 Å². The fourth-order valence-electron chi connectivity index (χ4n) is 2.13. The van der Waals surface area contributed by atoms with Crippen LogP contribution in [0.3, 0.4) is 0 Å². The lowest BCUT2D eigenvalue weighted by Crippen LogP contribution is -2.32. The van der Waals surface area contributed by atoms with Crippen LogP contribution in [0.25, 0.3) is 0 Å². The zero-order valence-electron chi connectivity index (χ0n) is 13.7. The van der Waals surface area contributed by atoms with Crippen molar-refractivity contribution in [1.82, 2.24) is 10.2 Å². The zero-order chi connectivity index (χ0) is 17.5. The summed E-state index contributed by atoms with van der Waals surface area (Å²) < 4.78 is 38.6. The summed E-state index contributed by atoms with van der Waals surface area (Å²) in [6, 6.07) is 4.88. The average molecular weight is 331 g/mol. The maximum absolute atomic E-state index is 12.9. The van der Waals surface area contributed by atoms with Crippen molar-refractivity contribution in [2.75, 3.05) is 32.5 Å². The number of amides is 1. The molecule has 0 heterocycles. The molecule has 1 rings (SSSR count).